The van der Waals surface area contributed by atoms with Gasteiger partial charge in [-0.1, -0.05) is 35.9 Å². The smallest absolute Gasteiger partial charge is 0.311 e. The largest absolute Gasteiger partial charge is 0.465 e. The number of benzene rings is 1. The summed E-state index contributed by atoms with van der Waals surface area (Å²) in [6.45, 7) is 6.19. The number of ether oxygens (including phenoxy) is 1. The van der Waals surface area contributed by atoms with Crippen LogP contribution in [0.2, 0.25) is 5.02 Å². The van der Waals surface area contributed by atoms with Crippen molar-refractivity contribution in [1.29, 1.82) is 0 Å². The minimum Gasteiger partial charge on any atom is -0.465 e. The van der Waals surface area contributed by atoms with Crippen LogP contribution in [0, 0.1) is 5.41 Å². The van der Waals surface area contributed by atoms with E-state index in [0.29, 0.717) is 18.1 Å². The van der Waals surface area contributed by atoms with Crippen molar-refractivity contribution in [2.24, 2.45) is 5.41 Å². The van der Waals surface area contributed by atoms with E-state index in [9.17, 15) is 4.79 Å². The lowest BCUT2D eigenvalue weighted by molar-refractivity contribution is -0.153. The van der Waals surface area contributed by atoms with E-state index >= 15 is 0 Å². The van der Waals surface area contributed by atoms with E-state index < -0.39 is 5.41 Å². The summed E-state index contributed by atoms with van der Waals surface area (Å²) >= 11 is 5.85. The number of carbonyl (C=O) groups is 1. The Bertz CT molecular complexity index is 433. The first-order valence-electron chi connectivity index (χ1n) is 6.48. The van der Waals surface area contributed by atoms with E-state index in [4.69, 9.17) is 16.3 Å². The molecule has 104 valence electrons. The number of hydrogen-bond donors (Lipinski definition) is 0. The lowest BCUT2D eigenvalue weighted by Crippen LogP contribution is -2.29. The predicted octanol–water partition coefficient (Wildman–Crippen LogP) is 4.42. The zero-order chi connectivity index (χ0) is 14.3. The summed E-state index contributed by atoms with van der Waals surface area (Å²) in [5, 5.41) is 0.704. The van der Waals surface area contributed by atoms with Crippen LogP contribution in [0.5, 0.6) is 0 Å². The second-order valence-corrected chi connectivity index (χ2v) is 5.62. The highest BCUT2D eigenvalue weighted by Crippen LogP contribution is 2.24. The topological polar surface area (TPSA) is 26.3 Å². The van der Waals surface area contributed by atoms with Crippen molar-refractivity contribution in [3.63, 3.8) is 0 Å². The van der Waals surface area contributed by atoms with Gasteiger partial charge in [0, 0.05) is 5.02 Å². The molecule has 2 nitrogen and oxygen atoms in total. The first kappa shape index (κ1) is 15.8. The molecular formula is C16H21ClO2. The molecule has 0 fully saturated rings. The van der Waals surface area contributed by atoms with Gasteiger partial charge in [-0.15, -0.1) is 0 Å². The number of carbonyl (C=O) groups excluding carboxylic acids is 1. The molecule has 1 aromatic rings. The average Bonchev–Trinajstić information content (AvgIpc) is 2.37. The molecule has 0 aliphatic carbocycles. The van der Waals surface area contributed by atoms with Crippen LogP contribution in [0.1, 0.15) is 32.8 Å². The van der Waals surface area contributed by atoms with Crippen LogP contribution in [0.4, 0.5) is 0 Å². The first-order chi connectivity index (χ1) is 8.95. The third-order valence-electron chi connectivity index (χ3n) is 2.87. The van der Waals surface area contributed by atoms with Crippen molar-refractivity contribution in [1.82, 2.24) is 0 Å². The van der Waals surface area contributed by atoms with Gasteiger partial charge >= 0.3 is 5.97 Å². The maximum atomic E-state index is 12.0. The fraction of sp³-hybridized carbons (Fsp3) is 0.438. The van der Waals surface area contributed by atoms with Gasteiger partial charge in [0.15, 0.2) is 0 Å². The highest BCUT2D eigenvalue weighted by atomic mass is 35.5. The van der Waals surface area contributed by atoms with Gasteiger partial charge in [-0.3, -0.25) is 4.79 Å². The Balaban J connectivity index is 2.54. The highest BCUT2D eigenvalue weighted by molar-refractivity contribution is 6.30. The van der Waals surface area contributed by atoms with Crippen LogP contribution < -0.4 is 0 Å². The van der Waals surface area contributed by atoms with Crippen LogP contribution in [0.25, 0.3) is 0 Å². The molecule has 0 saturated carbocycles. The van der Waals surface area contributed by atoms with Gasteiger partial charge in [-0.25, -0.2) is 0 Å². The summed E-state index contributed by atoms with van der Waals surface area (Å²) in [7, 11) is 0. The van der Waals surface area contributed by atoms with E-state index in [1.54, 1.807) is 0 Å². The third kappa shape index (κ3) is 5.48. The second-order valence-electron chi connectivity index (χ2n) is 5.18. The Labute approximate surface area is 120 Å². The van der Waals surface area contributed by atoms with Crippen molar-refractivity contribution in [2.75, 3.05) is 6.61 Å². The normalized spacial score (nSPS) is 11.8. The van der Waals surface area contributed by atoms with Crippen molar-refractivity contribution < 1.29 is 9.53 Å². The average molecular weight is 281 g/mol. The molecule has 0 atom stereocenters. The summed E-state index contributed by atoms with van der Waals surface area (Å²) in [5.41, 5.74) is 0.559. The number of halogens is 1. The zero-order valence-electron chi connectivity index (χ0n) is 11.8. The van der Waals surface area contributed by atoms with Crippen molar-refractivity contribution in [3.8, 4) is 0 Å². The Hall–Kier alpha value is -1.28. The van der Waals surface area contributed by atoms with Gasteiger partial charge in [0.25, 0.3) is 0 Å². The quantitative estimate of drug-likeness (QED) is 0.438. The van der Waals surface area contributed by atoms with Crippen LogP contribution in [-0.4, -0.2) is 12.6 Å². The van der Waals surface area contributed by atoms with Crippen LogP contribution in [0.3, 0.4) is 0 Å². The molecule has 0 spiro atoms. The van der Waals surface area contributed by atoms with Gasteiger partial charge in [0.05, 0.1) is 12.0 Å². The standard InChI is InChI=1S/C16H21ClO2/c1-4-5-6-11-19-15(18)16(2,3)12-13-7-9-14(17)10-8-13/h4-5,7-10H,6,11-12H2,1-3H3/b5-4+. The van der Waals surface area contributed by atoms with E-state index in [0.717, 1.165) is 12.0 Å². The van der Waals surface area contributed by atoms with Crippen LogP contribution >= 0.6 is 11.6 Å². The second kappa shape index (κ2) is 7.34. The fourth-order valence-corrected chi connectivity index (χ4v) is 1.89. The van der Waals surface area contributed by atoms with E-state index in [1.807, 2.05) is 57.2 Å². The van der Waals surface area contributed by atoms with E-state index in [2.05, 4.69) is 0 Å². The van der Waals surface area contributed by atoms with Crippen molar-refractivity contribution in [3.05, 3.63) is 47.0 Å². The maximum absolute atomic E-state index is 12.0. The number of allylic oxidation sites excluding steroid dienone is 1. The van der Waals surface area contributed by atoms with Crippen LogP contribution in [-0.2, 0) is 16.0 Å². The summed E-state index contributed by atoms with van der Waals surface area (Å²) < 4.78 is 5.29. The molecule has 3 heteroatoms. The maximum Gasteiger partial charge on any atom is 0.311 e. The number of rotatable bonds is 6. The Morgan fingerprint density at radius 3 is 2.53 bits per heavy atom. The van der Waals surface area contributed by atoms with Gasteiger partial charge < -0.3 is 4.74 Å². The molecule has 1 aromatic carbocycles. The Kier molecular flexibility index (Phi) is 6.10. The third-order valence-corrected chi connectivity index (χ3v) is 3.12. The van der Waals surface area contributed by atoms with E-state index in [-0.39, 0.29) is 5.97 Å². The number of esters is 1. The summed E-state index contributed by atoms with van der Waals surface area (Å²) in [5.74, 6) is -0.160. The molecule has 19 heavy (non-hydrogen) atoms. The summed E-state index contributed by atoms with van der Waals surface area (Å²) in [6, 6.07) is 7.56. The summed E-state index contributed by atoms with van der Waals surface area (Å²) in [6.07, 6.45) is 5.35. The highest BCUT2D eigenvalue weighted by Gasteiger charge is 2.29. The van der Waals surface area contributed by atoms with Gasteiger partial charge in [-0.05, 0) is 51.3 Å². The molecule has 0 amide bonds. The molecule has 0 bridgehead atoms. The molecule has 0 aliphatic heterocycles. The van der Waals surface area contributed by atoms with Crippen molar-refractivity contribution in [2.45, 2.75) is 33.6 Å². The molecule has 0 heterocycles. The predicted molar refractivity (Wildman–Crippen MR) is 79.3 cm³/mol. The molecule has 0 saturated heterocycles. The monoisotopic (exact) mass is 280 g/mol. The lowest BCUT2D eigenvalue weighted by atomic mass is 9.86. The Morgan fingerprint density at radius 2 is 1.95 bits per heavy atom. The number of hydrogen-bond acceptors (Lipinski definition) is 2. The molecule has 0 aliphatic rings. The van der Waals surface area contributed by atoms with Crippen LogP contribution in [0.15, 0.2) is 36.4 Å². The first-order valence-corrected chi connectivity index (χ1v) is 6.86. The SMILES string of the molecule is C/C=C/CCOC(=O)C(C)(C)Cc1ccc(Cl)cc1. The zero-order valence-corrected chi connectivity index (χ0v) is 12.5. The molecule has 0 N–H and O–H groups in total. The molecule has 0 aromatic heterocycles. The van der Waals surface area contributed by atoms with E-state index in [1.165, 1.54) is 0 Å². The molecule has 0 unspecified atom stereocenters. The Morgan fingerprint density at radius 1 is 1.32 bits per heavy atom. The minimum absolute atomic E-state index is 0.160. The van der Waals surface area contributed by atoms with Gasteiger partial charge in [0.2, 0.25) is 0 Å². The van der Waals surface area contributed by atoms with Crippen molar-refractivity contribution >= 4 is 17.6 Å². The lowest BCUT2D eigenvalue weighted by Gasteiger charge is -2.22. The molecule has 1 rings (SSSR count). The fourth-order valence-electron chi connectivity index (χ4n) is 1.77. The molecule has 0 radical (unpaired) electrons. The minimum atomic E-state index is -0.524. The van der Waals surface area contributed by atoms with Gasteiger partial charge in [-0.2, -0.15) is 0 Å². The summed E-state index contributed by atoms with van der Waals surface area (Å²) in [4.78, 5) is 12.0. The molecular weight excluding hydrogens is 260 g/mol. The van der Waals surface area contributed by atoms with Gasteiger partial charge in [0.1, 0.15) is 0 Å².